The summed E-state index contributed by atoms with van der Waals surface area (Å²) in [6.07, 6.45) is -0.735. The largest absolute Gasteiger partial charge is 0.391 e. The number of nitrogens with zero attached hydrogens (tertiary/aromatic N) is 3. The van der Waals surface area contributed by atoms with Crippen molar-refractivity contribution in [2.75, 3.05) is 37.8 Å². The Labute approximate surface area is 146 Å². The third-order valence-electron chi connectivity index (χ3n) is 4.68. The summed E-state index contributed by atoms with van der Waals surface area (Å²) in [5.41, 5.74) is 1.56. The Hall–Kier alpha value is -1.77. The van der Waals surface area contributed by atoms with Crippen molar-refractivity contribution >= 4 is 26.7 Å². The van der Waals surface area contributed by atoms with Crippen molar-refractivity contribution in [1.82, 2.24) is 9.29 Å². The van der Waals surface area contributed by atoms with Crippen LogP contribution in [0, 0.1) is 18.7 Å². The SMILES string of the molecule is Cc1cc(N2C[C@@H](CS(=O)(=O)N(C)C)[C@@H](O)C2)nc2ccc(F)cc12. The molecule has 1 saturated heterocycles. The summed E-state index contributed by atoms with van der Waals surface area (Å²) in [7, 11) is -0.407. The molecule has 6 nitrogen and oxygen atoms in total. The molecule has 25 heavy (non-hydrogen) atoms. The monoisotopic (exact) mass is 367 g/mol. The van der Waals surface area contributed by atoms with Crippen molar-refractivity contribution in [2.45, 2.75) is 13.0 Å². The molecule has 0 bridgehead atoms. The minimum absolute atomic E-state index is 0.102. The molecule has 0 aliphatic carbocycles. The number of aliphatic hydroxyl groups excluding tert-OH is 1. The van der Waals surface area contributed by atoms with Gasteiger partial charge < -0.3 is 10.0 Å². The lowest BCUT2D eigenvalue weighted by Gasteiger charge is -2.19. The lowest BCUT2D eigenvalue weighted by molar-refractivity contribution is 0.157. The number of β-amino-alcohol motifs (C(OH)–C–C–N with tert-alkyl or cyclic N) is 1. The van der Waals surface area contributed by atoms with E-state index < -0.39 is 16.1 Å². The van der Waals surface area contributed by atoms with Crippen molar-refractivity contribution < 1.29 is 17.9 Å². The van der Waals surface area contributed by atoms with Crippen LogP contribution in [0.15, 0.2) is 24.3 Å². The van der Waals surface area contributed by atoms with Gasteiger partial charge in [-0.3, -0.25) is 0 Å². The number of pyridine rings is 1. The molecule has 136 valence electrons. The number of sulfonamides is 1. The molecule has 0 saturated carbocycles. The molecule has 1 aromatic carbocycles. The van der Waals surface area contributed by atoms with Gasteiger partial charge in [0.1, 0.15) is 11.6 Å². The number of aliphatic hydroxyl groups is 1. The third kappa shape index (κ3) is 3.61. The molecular formula is C17H22FN3O3S. The predicted molar refractivity (Wildman–Crippen MR) is 95.6 cm³/mol. The van der Waals surface area contributed by atoms with Crippen LogP contribution in [0.2, 0.25) is 0 Å². The van der Waals surface area contributed by atoms with Gasteiger partial charge >= 0.3 is 0 Å². The van der Waals surface area contributed by atoms with Gasteiger partial charge in [-0.05, 0) is 36.8 Å². The van der Waals surface area contributed by atoms with Gasteiger partial charge in [-0.25, -0.2) is 22.1 Å². The Morgan fingerprint density at radius 1 is 1.32 bits per heavy atom. The number of rotatable bonds is 4. The topological polar surface area (TPSA) is 73.7 Å². The highest BCUT2D eigenvalue weighted by Crippen LogP contribution is 2.28. The van der Waals surface area contributed by atoms with E-state index >= 15 is 0 Å². The van der Waals surface area contributed by atoms with Crippen LogP contribution in [-0.2, 0) is 10.0 Å². The number of halogens is 1. The van der Waals surface area contributed by atoms with E-state index in [4.69, 9.17) is 0 Å². The smallest absolute Gasteiger partial charge is 0.214 e. The highest BCUT2D eigenvalue weighted by atomic mass is 32.2. The number of benzene rings is 1. The molecule has 1 aliphatic rings. The summed E-state index contributed by atoms with van der Waals surface area (Å²) < 4.78 is 38.7. The number of hydrogen-bond acceptors (Lipinski definition) is 5. The summed E-state index contributed by atoms with van der Waals surface area (Å²) in [5.74, 6) is -0.121. The second kappa shape index (κ2) is 6.51. The first-order valence-corrected chi connectivity index (χ1v) is 9.68. The molecule has 2 atom stereocenters. The van der Waals surface area contributed by atoms with Crippen molar-refractivity contribution in [1.29, 1.82) is 0 Å². The standard InChI is InChI=1S/C17H22FN3O3S/c1-11-6-17(19-15-5-4-13(18)7-14(11)15)21-8-12(16(22)9-21)10-25(23,24)20(2)3/h4-7,12,16,22H,8-10H2,1-3H3/t12-,16-/m0/s1. The highest BCUT2D eigenvalue weighted by molar-refractivity contribution is 7.89. The zero-order valence-electron chi connectivity index (χ0n) is 14.5. The van der Waals surface area contributed by atoms with Gasteiger partial charge in [0.05, 0.1) is 17.4 Å². The normalized spacial score (nSPS) is 21.4. The molecule has 0 spiro atoms. The fourth-order valence-corrected chi connectivity index (χ4v) is 4.30. The quantitative estimate of drug-likeness (QED) is 0.884. The number of hydrogen-bond donors (Lipinski definition) is 1. The summed E-state index contributed by atoms with van der Waals surface area (Å²) in [6, 6.07) is 6.29. The lowest BCUT2D eigenvalue weighted by Crippen LogP contribution is -2.33. The molecule has 0 unspecified atom stereocenters. The van der Waals surface area contributed by atoms with Gasteiger partial charge in [-0.15, -0.1) is 0 Å². The summed E-state index contributed by atoms with van der Waals surface area (Å²) in [5, 5.41) is 11.0. The van der Waals surface area contributed by atoms with Gasteiger partial charge in [0.25, 0.3) is 0 Å². The van der Waals surface area contributed by atoms with Crippen molar-refractivity contribution in [3.05, 3.63) is 35.6 Å². The highest BCUT2D eigenvalue weighted by Gasteiger charge is 2.36. The van der Waals surface area contributed by atoms with Crippen LogP contribution in [-0.4, -0.2) is 61.9 Å². The Bertz CT molecular complexity index is 901. The van der Waals surface area contributed by atoms with Gasteiger partial charge in [-0.2, -0.15) is 0 Å². The van der Waals surface area contributed by atoms with Crippen LogP contribution < -0.4 is 4.90 Å². The minimum atomic E-state index is -3.38. The fraction of sp³-hybridized carbons (Fsp3) is 0.471. The Balaban J connectivity index is 1.86. The van der Waals surface area contributed by atoms with Crippen molar-refractivity contribution in [2.24, 2.45) is 5.92 Å². The van der Waals surface area contributed by atoms with Crippen LogP contribution in [0.3, 0.4) is 0 Å². The van der Waals surface area contributed by atoms with Crippen LogP contribution in [0.1, 0.15) is 5.56 Å². The van der Waals surface area contributed by atoms with Gasteiger partial charge in [0, 0.05) is 38.5 Å². The summed E-state index contributed by atoms with van der Waals surface area (Å²) >= 11 is 0. The Morgan fingerprint density at radius 2 is 2.04 bits per heavy atom. The lowest BCUT2D eigenvalue weighted by atomic mass is 10.1. The first-order valence-electron chi connectivity index (χ1n) is 8.07. The van der Waals surface area contributed by atoms with E-state index in [0.717, 1.165) is 10.9 Å². The maximum Gasteiger partial charge on any atom is 0.214 e. The first kappa shape index (κ1) is 18.0. The van der Waals surface area contributed by atoms with E-state index in [9.17, 15) is 17.9 Å². The second-order valence-corrected chi connectivity index (χ2v) is 8.98. The second-order valence-electron chi connectivity index (χ2n) is 6.75. The molecule has 3 rings (SSSR count). The Morgan fingerprint density at radius 3 is 2.72 bits per heavy atom. The van der Waals surface area contributed by atoms with Crippen molar-refractivity contribution in [3.8, 4) is 0 Å². The minimum Gasteiger partial charge on any atom is -0.391 e. The number of aryl methyl sites for hydroxylation is 1. The van der Waals surface area contributed by atoms with E-state index in [1.807, 2.05) is 17.9 Å². The molecular weight excluding hydrogens is 345 g/mol. The Kier molecular flexibility index (Phi) is 4.70. The molecule has 8 heteroatoms. The van der Waals surface area contributed by atoms with Crippen LogP contribution in [0.4, 0.5) is 10.2 Å². The summed E-state index contributed by atoms with van der Waals surface area (Å²) in [4.78, 5) is 6.43. The zero-order valence-corrected chi connectivity index (χ0v) is 15.3. The molecule has 0 radical (unpaired) electrons. The molecule has 1 N–H and O–H groups in total. The van der Waals surface area contributed by atoms with E-state index in [1.165, 1.54) is 30.5 Å². The van der Waals surface area contributed by atoms with E-state index in [-0.39, 0.29) is 17.5 Å². The summed E-state index contributed by atoms with van der Waals surface area (Å²) in [6.45, 7) is 2.62. The number of anilines is 1. The molecule has 0 amide bonds. The maximum absolute atomic E-state index is 13.4. The van der Waals surface area contributed by atoms with Gasteiger partial charge in [0.15, 0.2) is 0 Å². The van der Waals surface area contributed by atoms with Gasteiger partial charge in [-0.1, -0.05) is 0 Å². The number of fused-ring (bicyclic) bond motifs is 1. The third-order valence-corrected chi connectivity index (χ3v) is 6.64. The molecule has 2 heterocycles. The van der Waals surface area contributed by atoms with E-state index in [2.05, 4.69) is 4.98 Å². The van der Waals surface area contributed by atoms with Crippen LogP contribution in [0.5, 0.6) is 0 Å². The maximum atomic E-state index is 13.4. The van der Waals surface area contributed by atoms with E-state index in [1.54, 1.807) is 6.07 Å². The van der Waals surface area contributed by atoms with E-state index in [0.29, 0.717) is 24.4 Å². The first-order chi connectivity index (χ1) is 11.7. The molecule has 1 aliphatic heterocycles. The van der Waals surface area contributed by atoms with Crippen molar-refractivity contribution in [3.63, 3.8) is 0 Å². The molecule has 1 fully saturated rings. The fourth-order valence-electron chi connectivity index (χ4n) is 3.14. The predicted octanol–water partition coefficient (Wildman–Crippen LogP) is 1.37. The van der Waals surface area contributed by atoms with Crippen LogP contribution in [0.25, 0.3) is 10.9 Å². The average molecular weight is 367 g/mol. The molecule has 2 aromatic rings. The van der Waals surface area contributed by atoms with Gasteiger partial charge in [0.2, 0.25) is 10.0 Å². The zero-order chi connectivity index (χ0) is 18.4. The molecule has 1 aromatic heterocycles. The number of aromatic nitrogens is 1. The average Bonchev–Trinajstić information content (AvgIpc) is 2.88. The van der Waals surface area contributed by atoms with Crippen LogP contribution >= 0.6 is 0 Å².